The highest BCUT2D eigenvalue weighted by atomic mass is 16.3. The molecule has 5 nitrogen and oxygen atoms in total. The van der Waals surface area contributed by atoms with E-state index in [1.807, 2.05) is 4.68 Å². The van der Waals surface area contributed by atoms with Crippen LogP contribution in [0.4, 0.5) is 0 Å². The lowest BCUT2D eigenvalue weighted by Crippen LogP contribution is -2.13. The van der Waals surface area contributed by atoms with Crippen molar-refractivity contribution in [3.8, 4) is 0 Å². The summed E-state index contributed by atoms with van der Waals surface area (Å²) < 4.78 is 1.82. The highest BCUT2D eigenvalue weighted by molar-refractivity contribution is 4.92. The van der Waals surface area contributed by atoms with Crippen molar-refractivity contribution in [1.82, 2.24) is 20.3 Å². The van der Waals surface area contributed by atoms with Crippen LogP contribution in [-0.2, 0) is 6.61 Å². The fourth-order valence-corrected chi connectivity index (χ4v) is 1.43. The second kappa shape index (κ2) is 3.20. The van der Waals surface area contributed by atoms with Crippen LogP contribution in [0.1, 0.15) is 18.2 Å². The maximum Gasteiger partial charge on any atom is 0.108 e. The molecule has 0 aromatic carbocycles. The fourth-order valence-electron chi connectivity index (χ4n) is 1.43. The number of nitrogens with one attached hydrogen (secondary N) is 1. The molecular formula is C7H12N4O. The molecule has 1 aliphatic heterocycles. The van der Waals surface area contributed by atoms with Crippen LogP contribution in [0.25, 0.3) is 0 Å². The van der Waals surface area contributed by atoms with Gasteiger partial charge in [0.2, 0.25) is 0 Å². The molecule has 2 heterocycles. The summed E-state index contributed by atoms with van der Waals surface area (Å²) in [7, 11) is 0. The van der Waals surface area contributed by atoms with Gasteiger partial charge in [0.25, 0.3) is 0 Å². The molecule has 0 radical (unpaired) electrons. The minimum atomic E-state index is -0.0276. The van der Waals surface area contributed by atoms with Gasteiger partial charge in [-0.25, -0.2) is 4.68 Å². The molecule has 0 amide bonds. The number of hydrogen-bond donors (Lipinski definition) is 2. The highest BCUT2D eigenvalue weighted by Gasteiger charge is 2.17. The molecule has 5 heteroatoms. The lowest BCUT2D eigenvalue weighted by atomic mass is 10.3. The summed E-state index contributed by atoms with van der Waals surface area (Å²) in [6, 6.07) is 0.415. The largest absolute Gasteiger partial charge is 0.390 e. The molecule has 1 fully saturated rings. The van der Waals surface area contributed by atoms with Gasteiger partial charge in [0, 0.05) is 6.54 Å². The second-order valence-corrected chi connectivity index (χ2v) is 2.99. The lowest BCUT2D eigenvalue weighted by molar-refractivity contribution is 0.276. The Kier molecular flexibility index (Phi) is 2.05. The van der Waals surface area contributed by atoms with Crippen LogP contribution in [0.5, 0.6) is 0 Å². The van der Waals surface area contributed by atoms with E-state index in [1.54, 1.807) is 6.20 Å². The van der Waals surface area contributed by atoms with Gasteiger partial charge in [-0.1, -0.05) is 5.21 Å². The average Bonchev–Trinajstić information content (AvgIpc) is 2.75. The topological polar surface area (TPSA) is 63.0 Å². The number of aromatic nitrogens is 3. The van der Waals surface area contributed by atoms with E-state index < -0.39 is 0 Å². The quantitative estimate of drug-likeness (QED) is 0.613. The van der Waals surface area contributed by atoms with Gasteiger partial charge >= 0.3 is 0 Å². The molecule has 0 aliphatic carbocycles. The minimum absolute atomic E-state index is 0.0276. The zero-order valence-corrected chi connectivity index (χ0v) is 6.77. The van der Waals surface area contributed by atoms with Crippen molar-refractivity contribution >= 4 is 0 Å². The molecule has 66 valence electrons. The van der Waals surface area contributed by atoms with Gasteiger partial charge in [0.05, 0.1) is 18.8 Å². The predicted molar refractivity (Wildman–Crippen MR) is 42.5 cm³/mol. The van der Waals surface area contributed by atoms with Crippen LogP contribution in [0.2, 0.25) is 0 Å². The summed E-state index contributed by atoms with van der Waals surface area (Å²) in [5.74, 6) is 0. The third-order valence-electron chi connectivity index (χ3n) is 2.13. The van der Waals surface area contributed by atoms with E-state index in [9.17, 15) is 0 Å². The van der Waals surface area contributed by atoms with E-state index in [0.29, 0.717) is 11.7 Å². The van der Waals surface area contributed by atoms with E-state index >= 15 is 0 Å². The molecule has 0 bridgehead atoms. The third kappa shape index (κ3) is 1.33. The van der Waals surface area contributed by atoms with Gasteiger partial charge < -0.3 is 10.4 Å². The summed E-state index contributed by atoms with van der Waals surface area (Å²) in [5.41, 5.74) is 0.641. The predicted octanol–water partition coefficient (Wildman–Crippen LogP) is -0.695. The van der Waals surface area contributed by atoms with Gasteiger partial charge in [0.1, 0.15) is 5.69 Å². The maximum absolute atomic E-state index is 8.76. The Labute approximate surface area is 70.4 Å². The van der Waals surface area contributed by atoms with Crippen LogP contribution >= 0.6 is 0 Å². The molecule has 0 unspecified atom stereocenters. The van der Waals surface area contributed by atoms with Gasteiger partial charge in [-0.2, -0.15) is 0 Å². The Balaban J connectivity index is 2.11. The van der Waals surface area contributed by atoms with E-state index in [2.05, 4.69) is 15.6 Å². The molecule has 1 aliphatic rings. The summed E-state index contributed by atoms with van der Waals surface area (Å²) in [6.45, 7) is 1.97. The Hall–Kier alpha value is -0.940. The second-order valence-electron chi connectivity index (χ2n) is 2.99. The van der Waals surface area contributed by atoms with E-state index in [0.717, 1.165) is 19.5 Å². The molecule has 2 N–H and O–H groups in total. The Morgan fingerprint density at radius 1 is 1.75 bits per heavy atom. The van der Waals surface area contributed by atoms with Crippen LogP contribution in [0, 0.1) is 0 Å². The molecule has 1 atom stereocenters. The van der Waals surface area contributed by atoms with Crippen molar-refractivity contribution < 1.29 is 5.11 Å². The molecular weight excluding hydrogens is 156 g/mol. The standard InChI is InChI=1S/C7H12N4O/c12-5-6-4-11(10-9-6)7-1-2-8-3-7/h4,7-8,12H,1-3,5H2/t7-/m1/s1. The summed E-state index contributed by atoms with van der Waals surface area (Å²) in [6.07, 6.45) is 2.89. The minimum Gasteiger partial charge on any atom is -0.390 e. The first-order chi connectivity index (χ1) is 5.90. The number of aliphatic hydroxyl groups excluding tert-OH is 1. The monoisotopic (exact) mass is 168 g/mol. The van der Waals surface area contributed by atoms with Crippen molar-refractivity contribution in [1.29, 1.82) is 0 Å². The summed E-state index contributed by atoms with van der Waals surface area (Å²) in [5, 5.41) is 19.8. The Morgan fingerprint density at radius 2 is 2.67 bits per heavy atom. The van der Waals surface area contributed by atoms with Gasteiger partial charge in [-0.05, 0) is 13.0 Å². The molecule has 2 rings (SSSR count). The average molecular weight is 168 g/mol. The fraction of sp³-hybridized carbons (Fsp3) is 0.714. The summed E-state index contributed by atoms with van der Waals surface area (Å²) in [4.78, 5) is 0. The van der Waals surface area contributed by atoms with Crippen molar-refractivity contribution in [2.45, 2.75) is 19.1 Å². The Bertz CT molecular complexity index is 254. The van der Waals surface area contributed by atoms with Crippen LogP contribution < -0.4 is 5.32 Å². The van der Waals surface area contributed by atoms with Crippen molar-refractivity contribution in [3.63, 3.8) is 0 Å². The van der Waals surface area contributed by atoms with Crippen LogP contribution in [0.15, 0.2) is 6.20 Å². The number of nitrogens with zero attached hydrogens (tertiary/aromatic N) is 3. The normalized spacial score (nSPS) is 23.2. The smallest absolute Gasteiger partial charge is 0.108 e. The first kappa shape index (κ1) is 7.70. The Morgan fingerprint density at radius 3 is 3.25 bits per heavy atom. The molecule has 1 saturated heterocycles. The van der Waals surface area contributed by atoms with Gasteiger partial charge in [-0.15, -0.1) is 5.10 Å². The zero-order valence-electron chi connectivity index (χ0n) is 6.77. The van der Waals surface area contributed by atoms with Crippen molar-refractivity contribution in [2.24, 2.45) is 0 Å². The van der Waals surface area contributed by atoms with E-state index in [1.165, 1.54) is 0 Å². The van der Waals surface area contributed by atoms with E-state index in [-0.39, 0.29) is 6.61 Å². The first-order valence-corrected chi connectivity index (χ1v) is 4.12. The number of rotatable bonds is 2. The van der Waals surface area contributed by atoms with Crippen LogP contribution in [-0.4, -0.2) is 33.2 Å². The number of aliphatic hydroxyl groups is 1. The zero-order chi connectivity index (χ0) is 8.39. The molecule has 0 saturated carbocycles. The van der Waals surface area contributed by atoms with Crippen molar-refractivity contribution in [3.05, 3.63) is 11.9 Å². The summed E-state index contributed by atoms with van der Waals surface area (Å²) >= 11 is 0. The van der Waals surface area contributed by atoms with Crippen LogP contribution in [0.3, 0.4) is 0 Å². The SMILES string of the molecule is OCc1cn([C@@H]2CCNC2)nn1. The first-order valence-electron chi connectivity index (χ1n) is 4.12. The third-order valence-corrected chi connectivity index (χ3v) is 2.13. The van der Waals surface area contributed by atoms with E-state index in [4.69, 9.17) is 5.11 Å². The van der Waals surface area contributed by atoms with Crippen molar-refractivity contribution in [2.75, 3.05) is 13.1 Å². The molecule has 0 spiro atoms. The highest BCUT2D eigenvalue weighted by Crippen LogP contribution is 2.13. The molecule has 1 aromatic rings. The van der Waals surface area contributed by atoms with Gasteiger partial charge in [-0.3, -0.25) is 0 Å². The number of hydrogen-bond acceptors (Lipinski definition) is 4. The van der Waals surface area contributed by atoms with Gasteiger partial charge in [0.15, 0.2) is 0 Å². The maximum atomic E-state index is 8.76. The molecule has 1 aromatic heterocycles. The molecule has 12 heavy (non-hydrogen) atoms. The lowest BCUT2D eigenvalue weighted by Gasteiger charge is -2.05.